The van der Waals surface area contributed by atoms with Gasteiger partial charge in [-0.1, -0.05) is 35.9 Å². The molecule has 0 aliphatic carbocycles. The lowest BCUT2D eigenvalue weighted by atomic mass is 10.1. The smallest absolute Gasteiger partial charge is 0.273 e. The van der Waals surface area contributed by atoms with Crippen LogP contribution in [0.4, 0.5) is 0 Å². The molecule has 0 unspecified atom stereocenters. The van der Waals surface area contributed by atoms with Crippen molar-refractivity contribution in [3.8, 4) is 11.5 Å². The normalized spacial score (nSPS) is 15.0. The van der Waals surface area contributed by atoms with Gasteiger partial charge in [0.2, 0.25) is 0 Å². The third-order valence-electron chi connectivity index (χ3n) is 3.56. The van der Waals surface area contributed by atoms with Crippen LogP contribution in [0.2, 0.25) is 5.02 Å². The highest BCUT2D eigenvalue weighted by Crippen LogP contribution is 2.30. The average molecular weight is 375 g/mol. The summed E-state index contributed by atoms with van der Waals surface area (Å²) in [6, 6.07) is 12.9. The number of amides is 1. The summed E-state index contributed by atoms with van der Waals surface area (Å²) in [6.45, 7) is 0.328. The van der Waals surface area contributed by atoms with E-state index < -0.39 is 0 Å². The van der Waals surface area contributed by atoms with Crippen LogP contribution in [0.5, 0.6) is 11.5 Å². The molecule has 2 aromatic carbocycles. The lowest BCUT2D eigenvalue weighted by Gasteiger charge is -2.12. The van der Waals surface area contributed by atoms with E-state index in [2.05, 4.69) is 10.6 Å². The highest BCUT2D eigenvalue weighted by atomic mass is 35.5. The summed E-state index contributed by atoms with van der Waals surface area (Å²) >= 11 is 11.0. The Labute approximate surface area is 155 Å². The fourth-order valence-corrected chi connectivity index (χ4v) is 2.71. The number of methoxy groups -OCH3 is 1. The minimum Gasteiger partial charge on any atom is -0.493 e. The summed E-state index contributed by atoms with van der Waals surface area (Å²) in [5.74, 6) is 0.884. The Balaban J connectivity index is 1.78. The van der Waals surface area contributed by atoms with Gasteiger partial charge < -0.3 is 14.8 Å². The van der Waals surface area contributed by atoms with E-state index in [0.717, 1.165) is 11.1 Å². The fourth-order valence-electron chi connectivity index (χ4n) is 2.31. The summed E-state index contributed by atoms with van der Waals surface area (Å²) in [4.78, 5) is 11.7. The number of rotatable bonds is 5. The largest absolute Gasteiger partial charge is 0.493 e. The van der Waals surface area contributed by atoms with Crippen LogP contribution in [0.1, 0.15) is 11.1 Å². The van der Waals surface area contributed by atoms with Crippen molar-refractivity contribution in [1.29, 1.82) is 0 Å². The Morgan fingerprint density at radius 2 is 1.96 bits per heavy atom. The molecule has 1 aliphatic rings. The molecule has 0 aromatic heterocycles. The van der Waals surface area contributed by atoms with Crippen LogP contribution in [-0.2, 0) is 11.4 Å². The molecule has 0 radical (unpaired) electrons. The minimum atomic E-state index is -0.261. The highest BCUT2D eigenvalue weighted by molar-refractivity contribution is 7.80. The fraction of sp³-hybridized carbons (Fsp3) is 0.111. The van der Waals surface area contributed by atoms with Crippen LogP contribution in [0.25, 0.3) is 6.08 Å². The van der Waals surface area contributed by atoms with Crippen molar-refractivity contribution in [2.75, 3.05) is 7.11 Å². The molecule has 2 N–H and O–H groups in total. The lowest BCUT2D eigenvalue weighted by Crippen LogP contribution is -2.21. The zero-order valence-electron chi connectivity index (χ0n) is 13.3. The second-order valence-corrected chi connectivity index (χ2v) is 6.07. The van der Waals surface area contributed by atoms with Crippen LogP contribution >= 0.6 is 23.8 Å². The van der Waals surface area contributed by atoms with E-state index in [0.29, 0.717) is 33.9 Å². The van der Waals surface area contributed by atoms with Gasteiger partial charge in [-0.25, -0.2) is 0 Å². The molecular formula is C18H15ClN2O3S. The Kier molecular flexibility index (Phi) is 5.21. The number of ether oxygens (including phenoxy) is 2. The van der Waals surface area contributed by atoms with Crippen molar-refractivity contribution in [1.82, 2.24) is 10.6 Å². The van der Waals surface area contributed by atoms with Gasteiger partial charge in [-0.05, 0) is 42.1 Å². The van der Waals surface area contributed by atoms with Gasteiger partial charge in [0.1, 0.15) is 12.3 Å². The summed E-state index contributed by atoms with van der Waals surface area (Å²) in [7, 11) is 1.56. The second kappa shape index (κ2) is 7.55. The van der Waals surface area contributed by atoms with Crippen molar-refractivity contribution in [3.05, 3.63) is 64.3 Å². The third kappa shape index (κ3) is 4.10. The van der Waals surface area contributed by atoms with Gasteiger partial charge in [0.25, 0.3) is 5.91 Å². The third-order valence-corrected chi connectivity index (χ3v) is 4.13. The maximum absolute atomic E-state index is 11.7. The van der Waals surface area contributed by atoms with E-state index in [1.54, 1.807) is 25.3 Å². The predicted molar refractivity (Wildman–Crippen MR) is 101 cm³/mol. The Morgan fingerprint density at radius 1 is 1.16 bits per heavy atom. The molecular weight excluding hydrogens is 360 g/mol. The SMILES string of the molecule is COc1cc(/C=C2/NC(=S)NC2=O)ccc1OCc1ccccc1Cl. The van der Waals surface area contributed by atoms with E-state index >= 15 is 0 Å². The molecule has 3 rings (SSSR count). The molecule has 7 heteroatoms. The Hall–Kier alpha value is -2.57. The van der Waals surface area contributed by atoms with Crippen LogP contribution < -0.4 is 20.1 Å². The van der Waals surface area contributed by atoms with Crippen molar-refractivity contribution >= 4 is 40.9 Å². The molecule has 0 bridgehead atoms. The Morgan fingerprint density at radius 3 is 2.64 bits per heavy atom. The number of halogens is 1. The predicted octanol–water partition coefficient (Wildman–Crippen LogP) is 3.27. The molecule has 1 saturated heterocycles. The first-order chi connectivity index (χ1) is 12.1. The molecule has 0 atom stereocenters. The molecule has 0 saturated carbocycles. The number of hydrogen-bond acceptors (Lipinski definition) is 4. The first-order valence-corrected chi connectivity index (χ1v) is 8.23. The average Bonchev–Trinajstić information content (AvgIpc) is 2.92. The number of nitrogens with one attached hydrogen (secondary N) is 2. The maximum Gasteiger partial charge on any atom is 0.273 e. The molecule has 1 heterocycles. The second-order valence-electron chi connectivity index (χ2n) is 5.26. The molecule has 1 amide bonds. The van der Waals surface area contributed by atoms with Gasteiger partial charge in [-0.15, -0.1) is 0 Å². The molecule has 128 valence electrons. The number of hydrogen-bond donors (Lipinski definition) is 2. The Bertz CT molecular complexity index is 867. The molecule has 25 heavy (non-hydrogen) atoms. The van der Waals surface area contributed by atoms with Crippen LogP contribution in [-0.4, -0.2) is 18.1 Å². The molecule has 2 aromatic rings. The van der Waals surface area contributed by atoms with E-state index in [1.807, 2.05) is 30.3 Å². The zero-order chi connectivity index (χ0) is 17.8. The van der Waals surface area contributed by atoms with Gasteiger partial charge in [-0.3, -0.25) is 10.1 Å². The molecule has 1 fully saturated rings. The molecule has 1 aliphatic heterocycles. The number of benzene rings is 2. The monoisotopic (exact) mass is 374 g/mol. The van der Waals surface area contributed by atoms with E-state index in [-0.39, 0.29) is 5.91 Å². The first kappa shape index (κ1) is 17.3. The van der Waals surface area contributed by atoms with Crippen molar-refractivity contribution < 1.29 is 14.3 Å². The number of thiocarbonyl (C=S) groups is 1. The summed E-state index contributed by atoms with van der Waals surface area (Å²) in [5, 5.41) is 6.26. The van der Waals surface area contributed by atoms with Crippen LogP contribution in [0.15, 0.2) is 48.2 Å². The number of carbonyl (C=O) groups is 1. The summed E-state index contributed by atoms with van der Waals surface area (Å²) in [6.07, 6.45) is 1.69. The minimum absolute atomic E-state index is 0.261. The maximum atomic E-state index is 11.7. The lowest BCUT2D eigenvalue weighted by molar-refractivity contribution is -0.115. The van der Waals surface area contributed by atoms with Gasteiger partial charge in [0, 0.05) is 10.6 Å². The van der Waals surface area contributed by atoms with Crippen LogP contribution in [0.3, 0.4) is 0 Å². The molecule has 0 spiro atoms. The quantitative estimate of drug-likeness (QED) is 0.621. The van der Waals surface area contributed by atoms with Gasteiger partial charge in [-0.2, -0.15) is 0 Å². The number of carbonyl (C=O) groups excluding carboxylic acids is 1. The highest BCUT2D eigenvalue weighted by Gasteiger charge is 2.20. The summed E-state index contributed by atoms with van der Waals surface area (Å²) < 4.78 is 11.2. The van der Waals surface area contributed by atoms with E-state index in [1.165, 1.54) is 0 Å². The van der Waals surface area contributed by atoms with Crippen molar-refractivity contribution in [2.45, 2.75) is 6.61 Å². The van der Waals surface area contributed by atoms with Crippen LogP contribution in [0, 0.1) is 0 Å². The van der Waals surface area contributed by atoms with Crippen molar-refractivity contribution in [2.24, 2.45) is 0 Å². The van der Waals surface area contributed by atoms with E-state index in [9.17, 15) is 4.79 Å². The standard InChI is InChI=1S/C18H15ClN2O3S/c1-23-16-9-11(8-14-17(22)21-18(25)20-14)6-7-15(16)24-10-12-4-2-3-5-13(12)19/h2-9H,10H2,1H3,(H2,20,21,22,25)/b14-8+. The van der Waals surface area contributed by atoms with Gasteiger partial charge in [0.15, 0.2) is 16.6 Å². The summed E-state index contributed by atoms with van der Waals surface area (Å²) in [5.41, 5.74) is 2.05. The topological polar surface area (TPSA) is 59.6 Å². The van der Waals surface area contributed by atoms with E-state index in [4.69, 9.17) is 33.3 Å². The first-order valence-electron chi connectivity index (χ1n) is 7.45. The molecule has 5 nitrogen and oxygen atoms in total. The van der Waals surface area contributed by atoms with Gasteiger partial charge in [0.05, 0.1) is 7.11 Å². The van der Waals surface area contributed by atoms with Gasteiger partial charge >= 0.3 is 0 Å². The van der Waals surface area contributed by atoms with Crippen molar-refractivity contribution in [3.63, 3.8) is 0 Å². The zero-order valence-corrected chi connectivity index (χ0v) is 14.9.